The molecule has 1 saturated heterocycles. The van der Waals surface area contributed by atoms with Gasteiger partial charge in [-0.05, 0) is 48.6 Å². The van der Waals surface area contributed by atoms with Crippen LogP contribution in [0, 0.1) is 5.92 Å². The van der Waals surface area contributed by atoms with Gasteiger partial charge in [0.05, 0.1) is 19.4 Å². The van der Waals surface area contributed by atoms with E-state index in [9.17, 15) is 14.4 Å². The van der Waals surface area contributed by atoms with Crippen LogP contribution in [0.2, 0.25) is 0 Å². The zero-order valence-electron chi connectivity index (χ0n) is 18.9. The first-order valence-corrected chi connectivity index (χ1v) is 11.2. The Morgan fingerprint density at radius 3 is 2.58 bits per heavy atom. The zero-order chi connectivity index (χ0) is 23.6. The third-order valence-corrected chi connectivity index (χ3v) is 5.85. The molecule has 33 heavy (non-hydrogen) atoms. The Morgan fingerprint density at radius 1 is 1.15 bits per heavy atom. The number of carbonyl (C=O) groups excluding carboxylic acids is 3. The van der Waals surface area contributed by atoms with Crippen molar-refractivity contribution < 1.29 is 19.1 Å². The standard InChI is InChI=1S/C26H31N3O4/c1-33-25(31)17-21-16-23(18-28-24(30)14-11-20-9-12-22(27)13-10-20)29(26(21)32)15-5-8-19-6-3-2-4-7-19/h2-4,6-7,9-14,21,23H,5,8,15-18,27H2,1H3,(H,28,30)/b14-11+/t21-,23-/m0/s1. The normalized spacial score (nSPS) is 18.0. The Balaban J connectivity index is 1.57. The molecule has 3 N–H and O–H groups in total. The first-order valence-electron chi connectivity index (χ1n) is 11.2. The molecule has 0 spiro atoms. The van der Waals surface area contributed by atoms with Crippen LogP contribution in [-0.4, -0.2) is 48.9 Å². The van der Waals surface area contributed by atoms with Gasteiger partial charge in [0.2, 0.25) is 11.8 Å². The topological polar surface area (TPSA) is 102 Å². The van der Waals surface area contributed by atoms with E-state index in [0.29, 0.717) is 25.2 Å². The Morgan fingerprint density at radius 2 is 1.88 bits per heavy atom. The number of carbonyl (C=O) groups is 3. The van der Waals surface area contributed by atoms with Crippen LogP contribution in [-0.2, 0) is 25.5 Å². The number of nitrogens with zero attached hydrogens (tertiary/aromatic N) is 1. The number of aryl methyl sites for hydroxylation is 1. The number of nitrogens with two attached hydrogens (primary N) is 1. The van der Waals surface area contributed by atoms with Crippen molar-refractivity contribution in [1.29, 1.82) is 0 Å². The van der Waals surface area contributed by atoms with E-state index in [4.69, 9.17) is 10.5 Å². The SMILES string of the molecule is COC(=O)C[C@@H]1C[C@@H](CNC(=O)/C=C/c2ccc(N)cc2)N(CCCc2ccccc2)C1=O. The van der Waals surface area contributed by atoms with Crippen LogP contribution >= 0.6 is 0 Å². The maximum atomic E-state index is 13.0. The number of hydrogen-bond donors (Lipinski definition) is 2. The summed E-state index contributed by atoms with van der Waals surface area (Å²) in [6, 6.07) is 17.2. The minimum atomic E-state index is -0.415. The highest BCUT2D eigenvalue weighted by molar-refractivity contribution is 5.92. The lowest BCUT2D eigenvalue weighted by Gasteiger charge is -2.25. The molecule has 2 aromatic rings. The average Bonchev–Trinajstić information content (AvgIpc) is 3.12. The number of ether oxygens (including phenoxy) is 1. The van der Waals surface area contributed by atoms with Gasteiger partial charge in [0.15, 0.2) is 0 Å². The van der Waals surface area contributed by atoms with Gasteiger partial charge in [-0.2, -0.15) is 0 Å². The van der Waals surface area contributed by atoms with Crippen molar-refractivity contribution in [1.82, 2.24) is 10.2 Å². The van der Waals surface area contributed by atoms with Gasteiger partial charge < -0.3 is 20.7 Å². The first kappa shape index (κ1) is 24.0. The third-order valence-electron chi connectivity index (χ3n) is 5.85. The summed E-state index contributed by atoms with van der Waals surface area (Å²) in [5, 5.41) is 2.89. The lowest BCUT2D eigenvalue weighted by atomic mass is 10.0. The molecule has 0 aliphatic carbocycles. The molecule has 0 radical (unpaired) electrons. The van der Waals surface area contributed by atoms with E-state index in [1.165, 1.54) is 18.7 Å². The highest BCUT2D eigenvalue weighted by Gasteiger charge is 2.40. The molecule has 1 aliphatic rings. The molecule has 0 saturated carbocycles. The summed E-state index contributed by atoms with van der Waals surface area (Å²) in [4.78, 5) is 38.9. The second-order valence-electron chi connectivity index (χ2n) is 8.23. The highest BCUT2D eigenvalue weighted by atomic mass is 16.5. The zero-order valence-corrected chi connectivity index (χ0v) is 18.9. The number of nitrogen functional groups attached to an aromatic ring is 1. The van der Waals surface area contributed by atoms with Crippen molar-refractivity contribution in [2.24, 2.45) is 5.92 Å². The van der Waals surface area contributed by atoms with E-state index >= 15 is 0 Å². The summed E-state index contributed by atoms with van der Waals surface area (Å²) in [7, 11) is 1.32. The Labute approximate surface area is 194 Å². The van der Waals surface area contributed by atoms with Gasteiger partial charge in [0.25, 0.3) is 0 Å². The molecule has 1 heterocycles. The predicted octanol–water partition coefficient (Wildman–Crippen LogP) is 2.81. The van der Waals surface area contributed by atoms with Crippen molar-refractivity contribution in [2.45, 2.75) is 31.7 Å². The van der Waals surface area contributed by atoms with Crippen molar-refractivity contribution >= 4 is 29.5 Å². The Kier molecular flexibility index (Phi) is 8.63. The van der Waals surface area contributed by atoms with E-state index in [1.54, 1.807) is 23.1 Å². The number of amides is 2. The molecule has 2 amide bonds. The Bertz CT molecular complexity index is 973. The third kappa shape index (κ3) is 7.20. The van der Waals surface area contributed by atoms with Crippen LogP contribution in [0.5, 0.6) is 0 Å². The number of rotatable bonds is 10. The monoisotopic (exact) mass is 449 g/mol. The molecule has 3 rings (SSSR count). The molecule has 2 atom stereocenters. The minimum absolute atomic E-state index is 0.0508. The van der Waals surface area contributed by atoms with Crippen molar-refractivity contribution in [3.63, 3.8) is 0 Å². The largest absolute Gasteiger partial charge is 0.469 e. The number of anilines is 1. The van der Waals surface area contributed by atoms with Gasteiger partial charge in [-0.1, -0.05) is 42.5 Å². The number of methoxy groups -OCH3 is 1. The lowest BCUT2D eigenvalue weighted by Crippen LogP contribution is -2.42. The molecule has 2 aromatic carbocycles. The van der Waals surface area contributed by atoms with E-state index in [2.05, 4.69) is 17.4 Å². The van der Waals surface area contributed by atoms with Crippen LogP contribution in [0.3, 0.4) is 0 Å². The fourth-order valence-corrected chi connectivity index (χ4v) is 4.07. The molecule has 7 nitrogen and oxygen atoms in total. The maximum Gasteiger partial charge on any atom is 0.306 e. The van der Waals surface area contributed by atoms with E-state index in [-0.39, 0.29) is 24.3 Å². The van der Waals surface area contributed by atoms with Crippen molar-refractivity contribution in [2.75, 3.05) is 25.9 Å². The Hall–Kier alpha value is -3.61. The number of esters is 1. The number of likely N-dealkylation sites (tertiary alicyclic amines) is 1. The van der Waals surface area contributed by atoms with Crippen LogP contribution in [0.4, 0.5) is 5.69 Å². The summed E-state index contributed by atoms with van der Waals surface area (Å²) in [6.07, 6.45) is 5.42. The van der Waals surface area contributed by atoms with Gasteiger partial charge in [-0.3, -0.25) is 14.4 Å². The fourth-order valence-electron chi connectivity index (χ4n) is 4.07. The molecule has 1 fully saturated rings. The summed E-state index contributed by atoms with van der Waals surface area (Å²) >= 11 is 0. The van der Waals surface area contributed by atoms with Crippen LogP contribution < -0.4 is 11.1 Å². The summed E-state index contributed by atoms with van der Waals surface area (Å²) in [6.45, 7) is 0.910. The molecule has 174 valence electrons. The minimum Gasteiger partial charge on any atom is -0.469 e. The van der Waals surface area contributed by atoms with E-state index in [0.717, 1.165) is 18.4 Å². The number of hydrogen-bond acceptors (Lipinski definition) is 5. The lowest BCUT2D eigenvalue weighted by molar-refractivity contribution is -0.144. The van der Waals surface area contributed by atoms with Gasteiger partial charge in [-0.15, -0.1) is 0 Å². The smallest absolute Gasteiger partial charge is 0.306 e. The summed E-state index contributed by atoms with van der Waals surface area (Å²) in [5.74, 6) is -1.10. The molecule has 0 unspecified atom stereocenters. The second-order valence-corrected chi connectivity index (χ2v) is 8.23. The van der Waals surface area contributed by atoms with E-state index < -0.39 is 11.9 Å². The molecular weight excluding hydrogens is 418 g/mol. The molecule has 7 heteroatoms. The van der Waals surface area contributed by atoms with Gasteiger partial charge >= 0.3 is 5.97 Å². The van der Waals surface area contributed by atoms with E-state index in [1.807, 2.05) is 30.3 Å². The first-order chi connectivity index (χ1) is 16.0. The summed E-state index contributed by atoms with van der Waals surface area (Å²) in [5.41, 5.74) is 8.43. The maximum absolute atomic E-state index is 13.0. The van der Waals surface area contributed by atoms with Gasteiger partial charge in [0.1, 0.15) is 0 Å². The van der Waals surface area contributed by atoms with Gasteiger partial charge in [0, 0.05) is 30.9 Å². The molecule has 1 aliphatic heterocycles. The average molecular weight is 450 g/mol. The number of benzene rings is 2. The van der Waals surface area contributed by atoms with Crippen molar-refractivity contribution in [3.8, 4) is 0 Å². The van der Waals surface area contributed by atoms with Gasteiger partial charge in [-0.25, -0.2) is 0 Å². The molecular formula is C26H31N3O4. The number of nitrogens with one attached hydrogen (secondary N) is 1. The highest BCUT2D eigenvalue weighted by Crippen LogP contribution is 2.28. The fraction of sp³-hybridized carbons (Fsp3) is 0.346. The van der Waals surface area contributed by atoms with Crippen molar-refractivity contribution in [3.05, 3.63) is 71.8 Å². The summed E-state index contributed by atoms with van der Waals surface area (Å²) < 4.78 is 4.75. The second kappa shape index (κ2) is 11.9. The van der Waals surface area contributed by atoms with Crippen LogP contribution in [0.15, 0.2) is 60.7 Å². The predicted molar refractivity (Wildman–Crippen MR) is 128 cm³/mol. The molecule has 0 bridgehead atoms. The quantitative estimate of drug-likeness (QED) is 0.330. The van der Waals surface area contributed by atoms with Crippen LogP contribution in [0.1, 0.15) is 30.4 Å². The molecule has 0 aromatic heterocycles. The van der Waals surface area contributed by atoms with Crippen LogP contribution in [0.25, 0.3) is 6.08 Å².